The molecule has 0 saturated carbocycles. The largest absolute Gasteiger partial charge is 0.481 e. The Kier molecular flexibility index (Phi) is 4.52. The lowest BCUT2D eigenvalue weighted by atomic mass is 10.2. The van der Waals surface area contributed by atoms with Gasteiger partial charge in [-0.2, -0.15) is 0 Å². The molecule has 0 fully saturated rings. The Morgan fingerprint density at radius 2 is 2.21 bits per heavy atom. The molecule has 1 heterocycles. The van der Waals surface area contributed by atoms with Crippen LogP contribution in [0.3, 0.4) is 0 Å². The number of nitrogens with two attached hydrogens (primary N) is 1. The zero-order valence-corrected chi connectivity index (χ0v) is 12.2. The molecule has 0 radical (unpaired) electrons. The van der Waals surface area contributed by atoms with Gasteiger partial charge in [-0.15, -0.1) is 11.3 Å². The first kappa shape index (κ1) is 14.0. The number of halogens is 1. The van der Waals surface area contributed by atoms with Crippen molar-refractivity contribution in [2.45, 2.75) is 13.2 Å². The summed E-state index contributed by atoms with van der Waals surface area (Å²) in [6, 6.07) is 6.68. The Morgan fingerprint density at radius 1 is 1.42 bits per heavy atom. The molecule has 0 bridgehead atoms. The second kappa shape index (κ2) is 6.14. The molecule has 0 spiro atoms. The number of nitrogens with zero attached hydrogens (tertiary/aromatic N) is 1. The van der Waals surface area contributed by atoms with Gasteiger partial charge in [0.1, 0.15) is 6.61 Å². The maximum atomic E-state index is 11.0. The minimum Gasteiger partial charge on any atom is -0.481 e. The molecule has 0 amide bonds. The minimum absolute atomic E-state index is 0.0569. The number of nitro groups is 1. The average molecular weight is 343 g/mol. The van der Waals surface area contributed by atoms with E-state index >= 15 is 0 Å². The maximum absolute atomic E-state index is 11.0. The van der Waals surface area contributed by atoms with Crippen LogP contribution in [0, 0.1) is 10.1 Å². The van der Waals surface area contributed by atoms with Gasteiger partial charge in [0, 0.05) is 27.3 Å². The summed E-state index contributed by atoms with van der Waals surface area (Å²) < 4.78 is 6.48. The molecule has 19 heavy (non-hydrogen) atoms. The maximum Gasteiger partial charge on any atom is 0.311 e. The van der Waals surface area contributed by atoms with Crippen molar-refractivity contribution in [3.63, 3.8) is 0 Å². The lowest BCUT2D eigenvalue weighted by Gasteiger charge is -2.06. The van der Waals surface area contributed by atoms with E-state index in [0.29, 0.717) is 12.2 Å². The quantitative estimate of drug-likeness (QED) is 0.666. The molecule has 0 atom stereocenters. The SMILES string of the molecule is NCc1ccc(OCc2cc(Br)cs2)c([N+](=O)[O-])c1. The second-order valence-corrected chi connectivity index (χ2v) is 5.69. The number of benzene rings is 1. The average Bonchev–Trinajstić information content (AvgIpc) is 2.82. The van der Waals surface area contributed by atoms with E-state index in [1.807, 2.05) is 11.4 Å². The highest BCUT2D eigenvalue weighted by molar-refractivity contribution is 9.10. The lowest BCUT2D eigenvalue weighted by molar-refractivity contribution is -0.386. The molecule has 1 aromatic heterocycles. The van der Waals surface area contributed by atoms with Crippen molar-refractivity contribution >= 4 is 33.0 Å². The fourth-order valence-electron chi connectivity index (χ4n) is 1.53. The third kappa shape index (κ3) is 3.52. The van der Waals surface area contributed by atoms with Crippen molar-refractivity contribution in [1.82, 2.24) is 0 Å². The second-order valence-electron chi connectivity index (χ2n) is 3.78. The monoisotopic (exact) mass is 342 g/mol. The van der Waals surface area contributed by atoms with Gasteiger partial charge in [-0.05, 0) is 33.6 Å². The summed E-state index contributed by atoms with van der Waals surface area (Å²) in [6.07, 6.45) is 0. The molecule has 2 aromatic rings. The number of hydrogen-bond acceptors (Lipinski definition) is 5. The Labute approximate surface area is 122 Å². The summed E-state index contributed by atoms with van der Waals surface area (Å²) in [4.78, 5) is 11.5. The van der Waals surface area contributed by atoms with Gasteiger partial charge in [0.15, 0.2) is 5.75 Å². The van der Waals surface area contributed by atoms with Crippen LogP contribution in [0.25, 0.3) is 0 Å². The van der Waals surface area contributed by atoms with Crippen LogP contribution in [0.5, 0.6) is 5.75 Å². The third-order valence-electron chi connectivity index (χ3n) is 2.45. The highest BCUT2D eigenvalue weighted by Crippen LogP contribution is 2.29. The topological polar surface area (TPSA) is 78.4 Å². The van der Waals surface area contributed by atoms with Gasteiger partial charge in [-0.1, -0.05) is 6.07 Å². The van der Waals surface area contributed by atoms with Crippen molar-refractivity contribution < 1.29 is 9.66 Å². The van der Waals surface area contributed by atoms with Crippen molar-refractivity contribution in [1.29, 1.82) is 0 Å². The predicted molar refractivity (Wildman–Crippen MR) is 77.3 cm³/mol. The Morgan fingerprint density at radius 3 is 2.79 bits per heavy atom. The molecular weight excluding hydrogens is 332 g/mol. The summed E-state index contributed by atoms with van der Waals surface area (Å²) in [5, 5.41) is 12.9. The number of hydrogen-bond donors (Lipinski definition) is 1. The van der Waals surface area contributed by atoms with Crippen LogP contribution in [0.1, 0.15) is 10.4 Å². The van der Waals surface area contributed by atoms with E-state index in [1.165, 1.54) is 17.4 Å². The first-order chi connectivity index (χ1) is 9.10. The molecule has 1 aromatic carbocycles. The third-order valence-corrected chi connectivity index (χ3v) is 4.12. The molecule has 0 saturated heterocycles. The minimum atomic E-state index is -0.459. The van der Waals surface area contributed by atoms with Crippen LogP contribution < -0.4 is 10.5 Å². The van der Waals surface area contributed by atoms with Crippen molar-refractivity contribution in [3.8, 4) is 5.75 Å². The van der Waals surface area contributed by atoms with E-state index in [1.54, 1.807) is 12.1 Å². The van der Waals surface area contributed by atoms with Crippen LogP contribution in [-0.2, 0) is 13.2 Å². The molecule has 2 rings (SSSR count). The fourth-order valence-corrected chi connectivity index (χ4v) is 2.90. The summed E-state index contributed by atoms with van der Waals surface area (Å²) in [5.74, 6) is 0.256. The predicted octanol–water partition coefficient (Wildman–Crippen LogP) is 3.46. The highest BCUT2D eigenvalue weighted by Gasteiger charge is 2.16. The summed E-state index contributed by atoms with van der Waals surface area (Å²) in [6.45, 7) is 0.568. The molecule has 0 aliphatic rings. The van der Waals surface area contributed by atoms with Crippen LogP contribution in [0.4, 0.5) is 5.69 Å². The van der Waals surface area contributed by atoms with Crippen molar-refractivity contribution in [2.75, 3.05) is 0 Å². The Balaban J connectivity index is 2.17. The van der Waals surface area contributed by atoms with Crippen LogP contribution >= 0.6 is 27.3 Å². The van der Waals surface area contributed by atoms with E-state index < -0.39 is 4.92 Å². The van der Waals surface area contributed by atoms with E-state index in [9.17, 15) is 10.1 Å². The van der Waals surface area contributed by atoms with Gasteiger partial charge in [0.2, 0.25) is 0 Å². The summed E-state index contributed by atoms with van der Waals surface area (Å²) in [7, 11) is 0. The molecule has 0 aliphatic heterocycles. The van der Waals surface area contributed by atoms with Gasteiger partial charge in [0.05, 0.1) is 4.92 Å². The van der Waals surface area contributed by atoms with Crippen LogP contribution in [0.15, 0.2) is 34.1 Å². The Bertz CT molecular complexity index is 600. The zero-order valence-electron chi connectivity index (χ0n) is 9.84. The lowest BCUT2D eigenvalue weighted by Crippen LogP contribution is -2.01. The molecule has 2 N–H and O–H groups in total. The zero-order chi connectivity index (χ0) is 13.8. The molecule has 5 nitrogen and oxygen atoms in total. The van der Waals surface area contributed by atoms with E-state index in [4.69, 9.17) is 10.5 Å². The van der Waals surface area contributed by atoms with Crippen LogP contribution in [0.2, 0.25) is 0 Å². The summed E-state index contributed by atoms with van der Waals surface area (Å²) in [5.41, 5.74) is 6.12. The number of rotatable bonds is 5. The van der Waals surface area contributed by atoms with Gasteiger partial charge in [-0.3, -0.25) is 10.1 Å². The van der Waals surface area contributed by atoms with Gasteiger partial charge >= 0.3 is 5.69 Å². The smallest absolute Gasteiger partial charge is 0.311 e. The van der Waals surface area contributed by atoms with E-state index in [-0.39, 0.29) is 18.0 Å². The number of ether oxygens (including phenoxy) is 1. The van der Waals surface area contributed by atoms with Gasteiger partial charge < -0.3 is 10.5 Å². The van der Waals surface area contributed by atoms with Gasteiger partial charge in [0.25, 0.3) is 0 Å². The van der Waals surface area contributed by atoms with E-state index in [2.05, 4.69) is 15.9 Å². The highest BCUT2D eigenvalue weighted by atomic mass is 79.9. The van der Waals surface area contributed by atoms with Crippen molar-refractivity contribution in [3.05, 3.63) is 54.7 Å². The van der Waals surface area contributed by atoms with Crippen molar-refractivity contribution in [2.24, 2.45) is 5.73 Å². The number of thiophene rings is 1. The van der Waals surface area contributed by atoms with E-state index in [0.717, 1.165) is 9.35 Å². The normalized spacial score (nSPS) is 10.4. The molecule has 0 aliphatic carbocycles. The Hall–Kier alpha value is -1.44. The first-order valence-electron chi connectivity index (χ1n) is 5.43. The summed E-state index contributed by atoms with van der Waals surface area (Å²) >= 11 is 4.88. The standard InChI is InChI=1S/C12H11BrN2O3S/c13-9-4-10(19-7-9)6-18-12-2-1-8(5-14)3-11(12)15(16)17/h1-4,7H,5-6,14H2. The van der Waals surface area contributed by atoms with Gasteiger partial charge in [-0.25, -0.2) is 0 Å². The molecule has 7 heteroatoms. The van der Waals surface area contributed by atoms with Crippen LogP contribution in [-0.4, -0.2) is 4.92 Å². The molecule has 0 unspecified atom stereocenters. The molecular formula is C12H11BrN2O3S. The fraction of sp³-hybridized carbons (Fsp3) is 0.167. The number of nitro benzene ring substituents is 1. The first-order valence-corrected chi connectivity index (χ1v) is 7.10. The molecule has 100 valence electrons.